The molecule has 0 radical (unpaired) electrons. The molecular weight excluding hydrogens is 274 g/mol. The van der Waals surface area contributed by atoms with Crippen molar-refractivity contribution in [3.63, 3.8) is 0 Å². The second-order valence-electron chi connectivity index (χ2n) is 4.59. The number of amides is 2. The van der Waals surface area contributed by atoms with Gasteiger partial charge in [0.25, 0.3) is 0 Å². The first kappa shape index (κ1) is 14.6. The number of rotatable bonds is 5. The molecule has 0 aliphatic carbocycles. The molecule has 2 rings (SSSR count). The summed E-state index contributed by atoms with van der Waals surface area (Å²) in [5.74, 6) is 0.0935. The predicted octanol–water partition coefficient (Wildman–Crippen LogP) is 0.301. The molecule has 0 atom stereocenters. The van der Waals surface area contributed by atoms with Crippen LogP contribution in [0.4, 0.5) is 11.6 Å². The highest BCUT2D eigenvalue weighted by Gasteiger charge is 2.11. The fourth-order valence-electron chi connectivity index (χ4n) is 1.40. The molecule has 0 aromatic carbocycles. The fourth-order valence-corrected chi connectivity index (χ4v) is 1.40. The van der Waals surface area contributed by atoms with Crippen LogP contribution in [0.15, 0.2) is 24.8 Å². The van der Waals surface area contributed by atoms with Gasteiger partial charge < -0.3 is 10.6 Å². The molecule has 0 bridgehead atoms. The second-order valence-corrected chi connectivity index (χ2v) is 4.59. The maximum Gasteiger partial charge on any atom is 0.247 e. The van der Waals surface area contributed by atoms with Gasteiger partial charge >= 0.3 is 0 Å². The number of aromatic nitrogens is 5. The number of hydrogen-bond donors (Lipinski definition) is 2. The van der Waals surface area contributed by atoms with Crippen LogP contribution in [0.2, 0.25) is 0 Å². The van der Waals surface area contributed by atoms with Crippen LogP contribution < -0.4 is 10.6 Å². The van der Waals surface area contributed by atoms with Gasteiger partial charge in [0.05, 0.1) is 6.20 Å². The Labute approximate surface area is 120 Å². The molecule has 0 saturated carbocycles. The van der Waals surface area contributed by atoms with Gasteiger partial charge in [-0.2, -0.15) is 0 Å². The van der Waals surface area contributed by atoms with E-state index >= 15 is 0 Å². The van der Waals surface area contributed by atoms with Crippen molar-refractivity contribution in [1.82, 2.24) is 25.0 Å². The van der Waals surface area contributed by atoms with Gasteiger partial charge in [0.1, 0.15) is 18.7 Å². The first-order chi connectivity index (χ1) is 10.0. The quantitative estimate of drug-likeness (QED) is 0.818. The fraction of sp³-hybridized carbons (Fsp3) is 0.333. The first-order valence-corrected chi connectivity index (χ1v) is 6.31. The van der Waals surface area contributed by atoms with Gasteiger partial charge in [-0.1, -0.05) is 19.1 Å². The molecule has 9 heteroatoms. The number of carbonyl (C=O) groups excluding carboxylic acids is 2. The Bertz CT molecular complexity index is 624. The lowest BCUT2D eigenvalue weighted by molar-refractivity contribution is -0.119. The van der Waals surface area contributed by atoms with Crippen molar-refractivity contribution in [2.75, 3.05) is 10.6 Å². The van der Waals surface area contributed by atoms with Crippen LogP contribution in [0, 0.1) is 5.92 Å². The Balaban J connectivity index is 1.90. The Hall–Kier alpha value is -2.84. The van der Waals surface area contributed by atoms with Crippen LogP contribution in [0.3, 0.4) is 0 Å². The summed E-state index contributed by atoms with van der Waals surface area (Å²) < 4.78 is 1.33. The van der Waals surface area contributed by atoms with Crippen molar-refractivity contribution >= 4 is 23.5 Å². The highest BCUT2D eigenvalue weighted by Crippen LogP contribution is 2.04. The van der Waals surface area contributed by atoms with Gasteiger partial charge in [0.2, 0.25) is 11.8 Å². The average Bonchev–Trinajstić information content (AvgIpc) is 2.86. The monoisotopic (exact) mass is 289 g/mol. The third kappa shape index (κ3) is 4.34. The Morgan fingerprint density at radius 2 is 2.10 bits per heavy atom. The minimum Gasteiger partial charge on any atom is -0.309 e. The van der Waals surface area contributed by atoms with E-state index < -0.39 is 0 Å². The van der Waals surface area contributed by atoms with Gasteiger partial charge in [-0.15, -0.1) is 5.10 Å². The van der Waals surface area contributed by atoms with Crippen LogP contribution in [0.1, 0.15) is 13.8 Å². The van der Waals surface area contributed by atoms with Crippen molar-refractivity contribution in [1.29, 1.82) is 0 Å². The lowest BCUT2D eigenvalue weighted by atomic mass is 10.2. The van der Waals surface area contributed by atoms with Crippen molar-refractivity contribution in [2.45, 2.75) is 20.4 Å². The van der Waals surface area contributed by atoms with Crippen molar-refractivity contribution in [3.05, 3.63) is 24.8 Å². The molecule has 2 aromatic rings. The lowest BCUT2D eigenvalue weighted by Crippen LogP contribution is -2.20. The molecule has 21 heavy (non-hydrogen) atoms. The molecule has 0 saturated heterocycles. The highest BCUT2D eigenvalue weighted by molar-refractivity contribution is 5.91. The molecule has 9 nitrogen and oxygen atoms in total. The lowest BCUT2D eigenvalue weighted by Gasteiger charge is -2.03. The third-order valence-electron chi connectivity index (χ3n) is 2.47. The van der Waals surface area contributed by atoms with Crippen LogP contribution in [0.25, 0.3) is 0 Å². The molecule has 0 fully saturated rings. The first-order valence-electron chi connectivity index (χ1n) is 6.31. The zero-order valence-electron chi connectivity index (χ0n) is 11.6. The smallest absolute Gasteiger partial charge is 0.247 e. The predicted molar refractivity (Wildman–Crippen MR) is 74.2 cm³/mol. The standard InChI is InChI=1S/C12H15N7O2/c1-8(2)12(21)16-10-5-19(18-17-10)6-11(20)15-9-3-4-13-7-14-9/h3-5,7-8H,6H2,1-2H3,(H,16,21)(H,13,14,15,20). The number of nitrogens with one attached hydrogen (secondary N) is 2. The summed E-state index contributed by atoms with van der Waals surface area (Å²) in [6.07, 6.45) is 4.35. The Morgan fingerprint density at radius 3 is 2.76 bits per heavy atom. The van der Waals surface area contributed by atoms with Gasteiger partial charge in [-0.05, 0) is 6.07 Å². The minimum atomic E-state index is -0.305. The zero-order valence-corrected chi connectivity index (χ0v) is 11.6. The molecule has 2 heterocycles. The SMILES string of the molecule is CC(C)C(=O)Nc1cn(CC(=O)Nc2ccncn2)nn1. The van der Waals surface area contributed by atoms with Crippen LogP contribution in [-0.2, 0) is 16.1 Å². The Morgan fingerprint density at radius 1 is 1.29 bits per heavy atom. The summed E-state index contributed by atoms with van der Waals surface area (Å²) in [4.78, 5) is 30.9. The van der Waals surface area contributed by atoms with Crippen molar-refractivity contribution < 1.29 is 9.59 Å². The van der Waals surface area contributed by atoms with E-state index in [1.807, 2.05) is 0 Å². The van der Waals surface area contributed by atoms with Gasteiger partial charge in [-0.3, -0.25) is 9.59 Å². The topological polar surface area (TPSA) is 115 Å². The molecule has 2 N–H and O–H groups in total. The van der Waals surface area contributed by atoms with E-state index in [2.05, 4.69) is 30.9 Å². The van der Waals surface area contributed by atoms with E-state index in [9.17, 15) is 9.59 Å². The molecule has 0 unspecified atom stereocenters. The van der Waals surface area contributed by atoms with Crippen LogP contribution in [0.5, 0.6) is 0 Å². The molecule has 110 valence electrons. The summed E-state index contributed by atoms with van der Waals surface area (Å²) in [5, 5.41) is 12.7. The summed E-state index contributed by atoms with van der Waals surface area (Å²) in [6.45, 7) is 3.51. The second kappa shape index (κ2) is 6.55. The van der Waals surface area contributed by atoms with Crippen molar-refractivity contribution in [3.8, 4) is 0 Å². The normalized spacial score (nSPS) is 10.4. The maximum atomic E-state index is 11.8. The van der Waals surface area contributed by atoms with E-state index in [1.165, 1.54) is 23.4 Å². The average molecular weight is 289 g/mol. The zero-order chi connectivity index (χ0) is 15.2. The Kier molecular flexibility index (Phi) is 4.54. The van der Waals surface area contributed by atoms with Crippen LogP contribution >= 0.6 is 0 Å². The number of carbonyl (C=O) groups is 2. The van der Waals surface area contributed by atoms with E-state index in [0.29, 0.717) is 11.6 Å². The summed E-state index contributed by atoms with van der Waals surface area (Å²) in [7, 11) is 0. The number of hydrogen-bond acceptors (Lipinski definition) is 6. The highest BCUT2D eigenvalue weighted by atomic mass is 16.2. The molecule has 0 aliphatic heterocycles. The molecule has 2 amide bonds. The summed E-state index contributed by atoms with van der Waals surface area (Å²) >= 11 is 0. The molecular formula is C12H15N7O2. The maximum absolute atomic E-state index is 11.8. The largest absolute Gasteiger partial charge is 0.309 e. The van der Waals surface area contributed by atoms with E-state index in [0.717, 1.165) is 0 Å². The van der Waals surface area contributed by atoms with Crippen molar-refractivity contribution in [2.24, 2.45) is 5.92 Å². The summed E-state index contributed by atoms with van der Waals surface area (Å²) in [5.41, 5.74) is 0. The number of anilines is 2. The van der Waals surface area contributed by atoms with Gasteiger partial charge in [-0.25, -0.2) is 14.6 Å². The van der Waals surface area contributed by atoms with E-state index in [4.69, 9.17) is 0 Å². The molecule has 2 aromatic heterocycles. The van der Waals surface area contributed by atoms with E-state index in [-0.39, 0.29) is 24.3 Å². The van der Waals surface area contributed by atoms with E-state index in [1.54, 1.807) is 19.9 Å². The minimum absolute atomic E-state index is 0.0332. The number of nitrogens with zero attached hydrogens (tertiary/aromatic N) is 5. The van der Waals surface area contributed by atoms with Gasteiger partial charge in [0, 0.05) is 12.1 Å². The molecule has 0 spiro atoms. The van der Waals surface area contributed by atoms with Gasteiger partial charge in [0.15, 0.2) is 5.82 Å². The van der Waals surface area contributed by atoms with Crippen LogP contribution in [-0.4, -0.2) is 36.8 Å². The third-order valence-corrected chi connectivity index (χ3v) is 2.47. The molecule has 0 aliphatic rings. The summed E-state index contributed by atoms with van der Waals surface area (Å²) in [6, 6.07) is 1.58.